The molecule has 4 nitrogen and oxygen atoms in total. The second kappa shape index (κ2) is 2.70. The summed E-state index contributed by atoms with van der Waals surface area (Å²) in [5, 5.41) is 0. The van der Waals surface area contributed by atoms with Crippen molar-refractivity contribution in [3.8, 4) is 5.82 Å². The smallest absolute Gasteiger partial charge is 0.138 e. The van der Waals surface area contributed by atoms with Gasteiger partial charge in [0.15, 0.2) is 0 Å². The molecule has 0 unspecified atom stereocenters. The maximum atomic E-state index is 4.47. The van der Waals surface area contributed by atoms with Gasteiger partial charge < -0.3 is 4.98 Å². The summed E-state index contributed by atoms with van der Waals surface area (Å²) in [5.74, 6) is 0.884. The van der Waals surface area contributed by atoms with E-state index in [0.29, 0.717) is 0 Å². The molecule has 0 aliphatic heterocycles. The van der Waals surface area contributed by atoms with Gasteiger partial charge in [-0.2, -0.15) is 0 Å². The lowest BCUT2D eigenvalue weighted by molar-refractivity contribution is 1.01. The fourth-order valence-corrected chi connectivity index (χ4v) is 1.46. The zero-order valence-corrected chi connectivity index (χ0v) is 7.38. The molecule has 3 aromatic heterocycles. The predicted octanol–water partition coefficient (Wildman–Crippen LogP) is 1.75. The number of H-pyrrole nitrogens is 1. The van der Waals surface area contributed by atoms with Gasteiger partial charge in [-0.15, -0.1) is 0 Å². The Balaban J connectivity index is 2.23. The van der Waals surface area contributed by atoms with Crippen molar-refractivity contribution in [2.75, 3.05) is 0 Å². The molecule has 0 aromatic carbocycles. The van der Waals surface area contributed by atoms with Crippen LogP contribution in [-0.4, -0.2) is 19.5 Å². The highest BCUT2D eigenvalue weighted by Gasteiger charge is 1.99. The average Bonchev–Trinajstić information content (AvgIpc) is 2.88. The van der Waals surface area contributed by atoms with Crippen LogP contribution >= 0.6 is 0 Å². The van der Waals surface area contributed by atoms with E-state index in [2.05, 4.69) is 15.0 Å². The first-order valence-electron chi connectivity index (χ1n) is 4.36. The zero-order chi connectivity index (χ0) is 9.38. The molecule has 3 rings (SSSR count). The number of aromatic nitrogens is 4. The van der Waals surface area contributed by atoms with Crippen molar-refractivity contribution < 1.29 is 0 Å². The third-order valence-corrected chi connectivity index (χ3v) is 2.16. The molecular formula is C10H8N4. The second-order valence-corrected chi connectivity index (χ2v) is 3.05. The van der Waals surface area contributed by atoms with Gasteiger partial charge in [0.2, 0.25) is 0 Å². The lowest BCUT2D eigenvalue weighted by Crippen LogP contribution is -1.93. The highest BCUT2D eigenvalue weighted by Crippen LogP contribution is 2.12. The number of aromatic amines is 1. The minimum Gasteiger partial charge on any atom is -0.360 e. The molecule has 4 heteroatoms. The van der Waals surface area contributed by atoms with Gasteiger partial charge in [0, 0.05) is 18.6 Å². The molecular weight excluding hydrogens is 176 g/mol. The van der Waals surface area contributed by atoms with Crippen molar-refractivity contribution in [2.24, 2.45) is 0 Å². The summed E-state index contributed by atoms with van der Waals surface area (Å²) in [6.07, 6.45) is 7.24. The van der Waals surface area contributed by atoms with Crippen LogP contribution in [0.2, 0.25) is 0 Å². The van der Waals surface area contributed by atoms with Crippen molar-refractivity contribution >= 4 is 11.0 Å². The lowest BCUT2D eigenvalue weighted by Gasteiger charge is -1.99. The van der Waals surface area contributed by atoms with Crippen LogP contribution in [0.15, 0.2) is 43.1 Å². The third kappa shape index (κ3) is 1.01. The molecule has 0 bridgehead atoms. The van der Waals surface area contributed by atoms with Crippen LogP contribution in [0.5, 0.6) is 0 Å². The van der Waals surface area contributed by atoms with Crippen molar-refractivity contribution in [1.29, 1.82) is 0 Å². The van der Waals surface area contributed by atoms with Crippen LogP contribution in [0.1, 0.15) is 0 Å². The van der Waals surface area contributed by atoms with Gasteiger partial charge in [-0.25, -0.2) is 9.97 Å². The van der Waals surface area contributed by atoms with Crippen LogP contribution in [0.4, 0.5) is 0 Å². The molecule has 0 aliphatic rings. The average molecular weight is 184 g/mol. The molecule has 0 radical (unpaired) electrons. The highest BCUT2D eigenvalue weighted by atomic mass is 15.1. The van der Waals surface area contributed by atoms with Crippen LogP contribution < -0.4 is 0 Å². The van der Waals surface area contributed by atoms with E-state index in [1.165, 1.54) is 0 Å². The molecule has 0 aliphatic carbocycles. The van der Waals surface area contributed by atoms with E-state index in [1.807, 2.05) is 35.2 Å². The van der Waals surface area contributed by atoms with E-state index >= 15 is 0 Å². The second-order valence-electron chi connectivity index (χ2n) is 3.05. The number of hydrogen-bond donors (Lipinski definition) is 1. The van der Waals surface area contributed by atoms with Crippen molar-refractivity contribution in [3.63, 3.8) is 0 Å². The molecule has 0 amide bonds. The monoisotopic (exact) mass is 184 g/mol. The summed E-state index contributed by atoms with van der Waals surface area (Å²) in [7, 11) is 0. The number of rotatable bonds is 1. The number of nitrogens with zero attached hydrogens (tertiary/aromatic N) is 3. The van der Waals surface area contributed by atoms with E-state index in [-0.39, 0.29) is 0 Å². The fraction of sp³-hybridized carbons (Fsp3) is 0. The molecule has 14 heavy (non-hydrogen) atoms. The Morgan fingerprint density at radius 3 is 3.07 bits per heavy atom. The molecule has 0 atom stereocenters. The zero-order valence-electron chi connectivity index (χ0n) is 7.38. The lowest BCUT2D eigenvalue weighted by atomic mass is 10.4. The first-order valence-corrected chi connectivity index (χ1v) is 4.36. The largest absolute Gasteiger partial charge is 0.360 e. The normalized spacial score (nSPS) is 10.9. The molecule has 68 valence electrons. The highest BCUT2D eigenvalue weighted by molar-refractivity contribution is 5.75. The van der Waals surface area contributed by atoms with E-state index in [1.54, 1.807) is 12.5 Å². The Labute approximate surface area is 80.2 Å². The quantitative estimate of drug-likeness (QED) is 0.626. The molecule has 3 heterocycles. The summed E-state index contributed by atoms with van der Waals surface area (Å²) in [4.78, 5) is 11.6. The van der Waals surface area contributed by atoms with Crippen LogP contribution in [-0.2, 0) is 0 Å². The molecule has 1 N–H and O–H groups in total. The van der Waals surface area contributed by atoms with Gasteiger partial charge >= 0.3 is 0 Å². The standard InChI is InChI=1S/C10H8N4/c1-2-10(14-6-5-11-7-14)13-9-3-4-12-8(1)9/h1-7,12H. The molecule has 3 aromatic rings. The van der Waals surface area contributed by atoms with E-state index in [4.69, 9.17) is 0 Å². The summed E-state index contributed by atoms with van der Waals surface area (Å²) >= 11 is 0. The minimum absolute atomic E-state index is 0.884. The molecule has 0 saturated heterocycles. The van der Waals surface area contributed by atoms with Gasteiger partial charge in [-0.1, -0.05) is 0 Å². The van der Waals surface area contributed by atoms with Crippen LogP contribution in [0, 0.1) is 0 Å². The maximum Gasteiger partial charge on any atom is 0.138 e. The van der Waals surface area contributed by atoms with Crippen molar-refractivity contribution in [1.82, 2.24) is 19.5 Å². The number of nitrogens with one attached hydrogen (secondary N) is 1. The van der Waals surface area contributed by atoms with Gasteiger partial charge in [0.1, 0.15) is 12.1 Å². The molecule has 0 fully saturated rings. The Kier molecular flexibility index (Phi) is 1.41. The number of fused-ring (bicyclic) bond motifs is 1. The summed E-state index contributed by atoms with van der Waals surface area (Å²) in [6.45, 7) is 0. The van der Waals surface area contributed by atoms with Gasteiger partial charge in [0.25, 0.3) is 0 Å². The first kappa shape index (κ1) is 7.32. The Morgan fingerprint density at radius 2 is 2.21 bits per heavy atom. The maximum absolute atomic E-state index is 4.47. The number of pyridine rings is 1. The molecule has 0 saturated carbocycles. The summed E-state index contributed by atoms with van der Waals surface area (Å²) < 4.78 is 1.88. The number of imidazole rings is 1. The minimum atomic E-state index is 0.884. The first-order chi connectivity index (χ1) is 6.93. The van der Waals surface area contributed by atoms with Crippen LogP contribution in [0.3, 0.4) is 0 Å². The topological polar surface area (TPSA) is 46.5 Å². The van der Waals surface area contributed by atoms with Gasteiger partial charge in [-0.05, 0) is 18.2 Å². The van der Waals surface area contributed by atoms with Crippen LogP contribution in [0.25, 0.3) is 16.9 Å². The van der Waals surface area contributed by atoms with Crippen molar-refractivity contribution in [2.45, 2.75) is 0 Å². The molecule has 0 spiro atoms. The van der Waals surface area contributed by atoms with E-state index in [9.17, 15) is 0 Å². The summed E-state index contributed by atoms with van der Waals surface area (Å²) in [6, 6.07) is 5.92. The number of hydrogen-bond acceptors (Lipinski definition) is 2. The Bertz CT molecular complexity index is 550. The Hall–Kier alpha value is -2.10. The summed E-state index contributed by atoms with van der Waals surface area (Å²) in [5.41, 5.74) is 2.02. The van der Waals surface area contributed by atoms with Crippen molar-refractivity contribution in [3.05, 3.63) is 43.1 Å². The predicted molar refractivity (Wildman–Crippen MR) is 53.2 cm³/mol. The third-order valence-electron chi connectivity index (χ3n) is 2.16. The van der Waals surface area contributed by atoms with Gasteiger partial charge in [-0.3, -0.25) is 4.57 Å². The van der Waals surface area contributed by atoms with Gasteiger partial charge in [0.05, 0.1) is 11.0 Å². The van der Waals surface area contributed by atoms with E-state index < -0.39 is 0 Å². The Morgan fingerprint density at radius 1 is 1.21 bits per heavy atom. The SMILES string of the molecule is c1cn(-c2ccc3[nH]ccc3n2)cn1. The fourth-order valence-electron chi connectivity index (χ4n) is 1.46. The van der Waals surface area contributed by atoms with E-state index in [0.717, 1.165) is 16.9 Å².